The number of likely N-dealkylation sites (N-methyl/N-ethyl adjacent to an activating group) is 1. The first-order chi connectivity index (χ1) is 13.5. The Labute approximate surface area is 163 Å². The van der Waals surface area contributed by atoms with Crippen molar-refractivity contribution in [1.82, 2.24) is 14.7 Å². The van der Waals surface area contributed by atoms with Gasteiger partial charge in [-0.05, 0) is 31.5 Å². The molecule has 0 bridgehead atoms. The number of carbonyl (C=O) groups excluding carboxylic acids is 2. The van der Waals surface area contributed by atoms with Crippen LogP contribution in [0.2, 0.25) is 0 Å². The Morgan fingerprint density at radius 3 is 2.57 bits per heavy atom. The van der Waals surface area contributed by atoms with Crippen molar-refractivity contribution in [2.75, 3.05) is 13.7 Å². The van der Waals surface area contributed by atoms with Crippen LogP contribution >= 0.6 is 0 Å². The average Bonchev–Trinajstić information content (AvgIpc) is 3.28. The quantitative estimate of drug-likeness (QED) is 0.588. The van der Waals surface area contributed by atoms with Gasteiger partial charge in [0.1, 0.15) is 11.3 Å². The molecule has 0 atom stereocenters. The van der Waals surface area contributed by atoms with Gasteiger partial charge in [-0.1, -0.05) is 30.3 Å². The first-order valence-electron chi connectivity index (χ1n) is 8.97. The van der Waals surface area contributed by atoms with Crippen LogP contribution in [-0.4, -0.2) is 40.2 Å². The van der Waals surface area contributed by atoms with E-state index in [1.165, 1.54) is 4.90 Å². The number of ether oxygens (including phenoxy) is 1. The molecule has 7 nitrogen and oxygen atoms in total. The van der Waals surface area contributed by atoms with E-state index in [2.05, 4.69) is 5.10 Å². The third-order valence-electron chi connectivity index (χ3n) is 4.49. The molecule has 2 heterocycles. The maximum absolute atomic E-state index is 12.5. The molecule has 0 N–H and O–H groups in total. The molecule has 0 fully saturated rings. The zero-order valence-electron chi connectivity index (χ0n) is 16.2. The number of aryl methyl sites for hydroxylation is 1. The molecule has 1 aromatic carbocycles. The van der Waals surface area contributed by atoms with Gasteiger partial charge in [-0.25, -0.2) is 4.79 Å². The summed E-state index contributed by atoms with van der Waals surface area (Å²) in [5.41, 5.74) is 2.78. The van der Waals surface area contributed by atoms with Crippen LogP contribution in [0.1, 0.15) is 33.1 Å². The van der Waals surface area contributed by atoms with Gasteiger partial charge in [-0.15, -0.1) is 0 Å². The van der Waals surface area contributed by atoms with Crippen LogP contribution in [0.4, 0.5) is 0 Å². The largest absolute Gasteiger partial charge is 0.467 e. The van der Waals surface area contributed by atoms with E-state index in [9.17, 15) is 9.59 Å². The molecule has 146 valence electrons. The topological polar surface area (TPSA) is 77.6 Å². The van der Waals surface area contributed by atoms with Crippen LogP contribution in [0.3, 0.4) is 0 Å². The van der Waals surface area contributed by atoms with Crippen molar-refractivity contribution in [2.24, 2.45) is 0 Å². The summed E-state index contributed by atoms with van der Waals surface area (Å²) in [6.07, 6.45) is 1.55. The number of amides is 1. The summed E-state index contributed by atoms with van der Waals surface area (Å²) in [6, 6.07) is 13.4. The Morgan fingerprint density at radius 1 is 1.14 bits per heavy atom. The van der Waals surface area contributed by atoms with Gasteiger partial charge < -0.3 is 14.1 Å². The second-order valence-corrected chi connectivity index (χ2v) is 6.59. The van der Waals surface area contributed by atoms with E-state index in [1.54, 1.807) is 37.0 Å². The first-order valence-corrected chi connectivity index (χ1v) is 8.97. The predicted octanol–water partition coefficient (Wildman–Crippen LogP) is 2.96. The molecule has 28 heavy (non-hydrogen) atoms. The molecule has 3 aromatic rings. The third kappa shape index (κ3) is 4.49. The summed E-state index contributed by atoms with van der Waals surface area (Å²) in [5, 5.41) is 4.45. The molecule has 0 spiro atoms. The zero-order valence-corrected chi connectivity index (χ0v) is 16.2. The molecule has 0 saturated heterocycles. The number of furan rings is 1. The van der Waals surface area contributed by atoms with Crippen molar-refractivity contribution < 1.29 is 18.7 Å². The van der Waals surface area contributed by atoms with Gasteiger partial charge in [-0.2, -0.15) is 5.10 Å². The number of hydrogen-bond donors (Lipinski definition) is 0. The minimum absolute atomic E-state index is 0.309. The average molecular weight is 381 g/mol. The highest BCUT2D eigenvalue weighted by atomic mass is 16.5. The SMILES string of the molecule is Cc1nn(Cc2ccccc2)c(C)c1C(=O)OCC(=O)N(C)Cc1ccco1. The van der Waals surface area contributed by atoms with E-state index in [0.29, 0.717) is 35.8 Å². The molecule has 2 aromatic heterocycles. The minimum atomic E-state index is -0.547. The second kappa shape index (κ2) is 8.56. The summed E-state index contributed by atoms with van der Waals surface area (Å²) in [4.78, 5) is 26.2. The van der Waals surface area contributed by atoms with Crippen LogP contribution in [0.15, 0.2) is 53.1 Å². The van der Waals surface area contributed by atoms with Crippen molar-refractivity contribution in [3.8, 4) is 0 Å². The van der Waals surface area contributed by atoms with Crippen molar-refractivity contribution >= 4 is 11.9 Å². The minimum Gasteiger partial charge on any atom is -0.467 e. The smallest absolute Gasteiger partial charge is 0.342 e. The summed E-state index contributed by atoms with van der Waals surface area (Å²) < 4.78 is 12.2. The number of benzene rings is 1. The zero-order chi connectivity index (χ0) is 20.1. The van der Waals surface area contributed by atoms with Gasteiger partial charge in [0.15, 0.2) is 6.61 Å². The number of rotatable bonds is 7. The van der Waals surface area contributed by atoms with Gasteiger partial charge in [0.05, 0.1) is 30.7 Å². The highest BCUT2D eigenvalue weighted by Crippen LogP contribution is 2.16. The van der Waals surface area contributed by atoms with Crippen LogP contribution in [0.5, 0.6) is 0 Å². The van der Waals surface area contributed by atoms with Crippen molar-refractivity contribution in [2.45, 2.75) is 26.9 Å². The molecule has 0 saturated carbocycles. The van der Waals surface area contributed by atoms with E-state index >= 15 is 0 Å². The molecule has 0 aliphatic carbocycles. The molecule has 0 radical (unpaired) electrons. The van der Waals surface area contributed by atoms with Gasteiger partial charge >= 0.3 is 5.97 Å². The molecular formula is C21H23N3O4. The number of carbonyl (C=O) groups is 2. The predicted molar refractivity (Wildman–Crippen MR) is 103 cm³/mol. The highest BCUT2D eigenvalue weighted by Gasteiger charge is 2.22. The lowest BCUT2D eigenvalue weighted by Crippen LogP contribution is -2.30. The fourth-order valence-electron chi connectivity index (χ4n) is 2.94. The number of aromatic nitrogens is 2. The van der Waals surface area contributed by atoms with E-state index in [0.717, 1.165) is 5.56 Å². The van der Waals surface area contributed by atoms with Gasteiger partial charge in [0.2, 0.25) is 0 Å². The van der Waals surface area contributed by atoms with Crippen molar-refractivity contribution in [3.05, 3.63) is 77.0 Å². The monoisotopic (exact) mass is 381 g/mol. The molecule has 1 amide bonds. The van der Waals surface area contributed by atoms with Gasteiger partial charge in [0, 0.05) is 7.05 Å². The van der Waals surface area contributed by atoms with E-state index in [1.807, 2.05) is 37.3 Å². The van der Waals surface area contributed by atoms with Crippen LogP contribution in [-0.2, 0) is 22.6 Å². The van der Waals surface area contributed by atoms with Gasteiger partial charge in [-0.3, -0.25) is 9.48 Å². The maximum atomic E-state index is 12.5. The summed E-state index contributed by atoms with van der Waals surface area (Å²) in [5.74, 6) is -0.193. The Bertz CT molecular complexity index is 946. The summed E-state index contributed by atoms with van der Waals surface area (Å²) >= 11 is 0. The molecular weight excluding hydrogens is 358 g/mol. The number of esters is 1. The van der Waals surface area contributed by atoms with Gasteiger partial charge in [0.25, 0.3) is 5.91 Å². The van der Waals surface area contributed by atoms with E-state index < -0.39 is 5.97 Å². The van der Waals surface area contributed by atoms with Crippen LogP contribution in [0.25, 0.3) is 0 Å². The lowest BCUT2D eigenvalue weighted by atomic mass is 10.2. The molecule has 7 heteroatoms. The lowest BCUT2D eigenvalue weighted by Gasteiger charge is -2.15. The first kappa shape index (κ1) is 19.4. The highest BCUT2D eigenvalue weighted by molar-refractivity contribution is 5.93. The fraction of sp³-hybridized carbons (Fsp3) is 0.286. The lowest BCUT2D eigenvalue weighted by molar-refractivity contribution is -0.134. The molecule has 0 unspecified atom stereocenters. The van der Waals surface area contributed by atoms with Crippen LogP contribution < -0.4 is 0 Å². The van der Waals surface area contributed by atoms with E-state index in [-0.39, 0.29) is 12.5 Å². The van der Waals surface area contributed by atoms with Crippen LogP contribution in [0, 0.1) is 13.8 Å². The fourth-order valence-corrected chi connectivity index (χ4v) is 2.94. The normalized spacial score (nSPS) is 10.7. The summed E-state index contributed by atoms with van der Waals surface area (Å²) in [7, 11) is 1.63. The molecule has 3 rings (SSSR count). The Kier molecular flexibility index (Phi) is 5.93. The molecule has 0 aliphatic rings. The Balaban J connectivity index is 1.61. The summed E-state index contributed by atoms with van der Waals surface area (Å²) in [6.45, 7) is 4.13. The third-order valence-corrected chi connectivity index (χ3v) is 4.49. The molecule has 0 aliphatic heterocycles. The number of hydrogen-bond acceptors (Lipinski definition) is 5. The van der Waals surface area contributed by atoms with Crippen molar-refractivity contribution in [3.63, 3.8) is 0 Å². The Hall–Kier alpha value is -3.35. The second-order valence-electron chi connectivity index (χ2n) is 6.59. The Morgan fingerprint density at radius 2 is 1.89 bits per heavy atom. The standard InChI is InChI=1S/C21H23N3O4/c1-15-20(16(2)24(22-15)12-17-8-5-4-6-9-17)21(26)28-14-19(25)23(3)13-18-10-7-11-27-18/h4-11H,12-14H2,1-3H3. The van der Waals surface area contributed by atoms with E-state index in [4.69, 9.17) is 9.15 Å². The maximum Gasteiger partial charge on any atom is 0.342 e. The van der Waals surface area contributed by atoms with Crippen molar-refractivity contribution in [1.29, 1.82) is 0 Å². The number of nitrogens with zero attached hydrogens (tertiary/aromatic N) is 3.